The fraction of sp³-hybridized carbons (Fsp3) is 0.182. The zero-order valence-corrected chi connectivity index (χ0v) is 11.3. The van der Waals surface area contributed by atoms with Crippen molar-refractivity contribution < 1.29 is 9.72 Å². The maximum Gasteiger partial charge on any atom is 0.271 e. The molecule has 0 saturated heterocycles. The number of carbonyl (C=O) groups excluding carboxylic acids is 1. The molecule has 0 saturated carbocycles. The zero-order valence-electron chi connectivity index (χ0n) is 10.4. The van der Waals surface area contributed by atoms with Crippen LogP contribution in [0, 0.1) is 10.1 Å². The Morgan fingerprint density at radius 3 is 3.00 bits per heavy atom. The van der Waals surface area contributed by atoms with Gasteiger partial charge in [-0.15, -0.1) is 0 Å². The van der Waals surface area contributed by atoms with Gasteiger partial charge in [0.05, 0.1) is 10.2 Å². The van der Waals surface area contributed by atoms with Gasteiger partial charge in [-0.05, 0) is 13.0 Å². The molecule has 1 amide bonds. The number of aromatic amines is 1. The van der Waals surface area contributed by atoms with Crippen molar-refractivity contribution in [3.05, 3.63) is 40.7 Å². The topological polar surface area (TPSA) is 114 Å². The molecule has 1 atom stereocenters. The molecule has 1 aromatic carbocycles. The number of hydrogen-bond donors (Lipinski definition) is 2. The number of carbonyl (C=O) groups is 1. The van der Waals surface area contributed by atoms with Gasteiger partial charge >= 0.3 is 0 Å². The van der Waals surface area contributed by atoms with Crippen molar-refractivity contribution in [2.24, 2.45) is 0 Å². The van der Waals surface area contributed by atoms with E-state index in [1.807, 2.05) is 0 Å². The second-order valence-electron chi connectivity index (χ2n) is 3.85. The second kappa shape index (κ2) is 6.15. The Morgan fingerprint density at radius 2 is 2.35 bits per heavy atom. The van der Waals surface area contributed by atoms with Crippen LogP contribution in [0.25, 0.3) is 0 Å². The minimum Gasteiger partial charge on any atom is -0.325 e. The highest BCUT2D eigenvalue weighted by Gasteiger charge is 2.17. The van der Waals surface area contributed by atoms with Crippen molar-refractivity contribution in [1.29, 1.82) is 0 Å². The van der Waals surface area contributed by atoms with E-state index in [4.69, 9.17) is 0 Å². The van der Waals surface area contributed by atoms with Gasteiger partial charge < -0.3 is 5.32 Å². The van der Waals surface area contributed by atoms with Gasteiger partial charge in [-0.2, -0.15) is 5.10 Å². The predicted octanol–water partition coefficient (Wildman–Crippen LogP) is 1.83. The van der Waals surface area contributed by atoms with Crippen LogP contribution in [0.1, 0.15) is 6.92 Å². The number of hydrogen-bond acceptors (Lipinski definition) is 6. The van der Waals surface area contributed by atoms with Crippen LogP contribution in [0.15, 0.2) is 35.7 Å². The fourth-order valence-electron chi connectivity index (χ4n) is 1.41. The number of aromatic nitrogens is 3. The first-order chi connectivity index (χ1) is 9.56. The quantitative estimate of drug-likeness (QED) is 0.494. The van der Waals surface area contributed by atoms with Gasteiger partial charge in [0, 0.05) is 17.8 Å². The van der Waals surface area contributed by atoms with E-state index in [0.29, 0.717) is 10.8 Å². The first-order valence-electron chi connectivity index (χ1n) is 5.63. The molecule has 0 bridgehead atoms. The molecule has 0 fully saturated rings. The minimum atomic E-state index is -0.512. The number of nitro groups is 1. The summed E-state index contributed by atoms with van der Waals surface area (Å²) in [7, 11) is 0. The number of anilines is 1. The number of non-ortho nitro benzene ring substituents is 1. The Bertz CT molecular complexity index is 616. The molecular formula is C11H11N5O3S. The van der Waals surface area contributed by atoms with Crippen molar-refractivity contribution in [3.63, 3.8) is 0 Å². The lowest BCUT2D eigenvalue weighted by Crippen LogP contribution is -2.22. The maximum absolute atomic E-state index is 12.0. The molecule has 0 radical (unpaired) electrons. The van der Waals surface area contributed by atoms with Crippen LogP contribution in [0.5, 0.6) is 0 Å². The van der Waals surface area contributed by atoms with Crippen molar-refractivity contribution in [3.8, 4) is 0 Å². The molecule has 104 valence electrons. The average Bonchev–Trinajstić information content (AvgIpc) is 2.91. The number of rotatable bonds is 5. The Labute approximate surface area is 118 Å². The standard InChI is InChI=1S/C11H11N5O3S/c1-7(20-11-12-6-13-15-11)10(17)14-8-3-2-4-9(5-8)16(18)19/h2-7H,1H3,(H,14,17)(H,12,13,15)/t7-/m1/s1. The van der Waals surface area contributed by atoms with Crippen LogP contribution in [0.3, 0.4) is 0 Å². The molecule has 0 aliphatic heterocycles. The normalized spacial score (nSPS) is 11.8. The summed E-state index contributed by atoms with van der Waals surface area (Å²) < 4.78 is 0. The third-order valence-electron chi connectivity index (χ3n) is 2.38. The van der Waals surface area contributed by atoms with Gasteiger partial charge in [0.2, 0.25) is 5.91 Å². The van der Waals surface area contributed by atoms with E-state index in [9.17, 15) is 14.9 Å². The lowest BCUT2D eigenvalue weighted by Gasteiger charge is -2.10. The van der Waals surface area contributed by atoms with Crippen LogP contribution in [0.4, 0.5) is 11.4 Å². The van der Waals surface area contributed by atoms with Crippen LogP contribution < -0.4 is 5.32 Å². The predicted molar refractivity (Wildman–Crippen MR) is 73.4 cm³/mol. The second-order valence-corrected chi connectivity index (χ2v) is 5.18. The number of H-pyrrole nitrogens is 1. The first kappa shape index (κ1) is 14.0. The molecule has 0 unspecified atom stereocenters. The van der Waals surface area contributed by atoms with Gasteiger partial charge in [0.15, 0.2) is 5.16 Å². The minimum absolute atomic E-state index is 0.0710. The first-order valence-corrected chi connectivity index (χ1v) is 6.51. The van der Waals surface area contributed by atoms with Crippen molar-refractivity contribution in [1.82, 2.24) is 15.2 Å². The van der Waals surface area contributed by atoms with Crippen LogP contribution in [-0.4, -0.2) is 31.3 Å². The van der Waals surface area contributed by atoms with Crippen molar-refractivity contribution >= 4 is 29.0 Å². The molecule has 0 spiro atoms. The van der Waals surface area contributed by atoms with Crippen LogP contribution >= 0.6 is 11.8 Å². The number of benzene rings is 1. The molecule has 0 aliphatic carbocycles. The smallest absolute Gasteiger partial charge is 0.271 e. The van der Waals surface area contributed by atoms with E-state index in [0.717, 1.165) is 0 Å². The molecule has 2 aromatic rings. The van der Waals surface area contributed by atoms with Crippen LogP contribution in [-0.2, 0) is 4.79 Å². The Hall–Kier alpha value is -2.42. The molecule has 0 aliphatic rings. The maximum atomic E-state index is 12.0. The van der Waals surface area contributed by atoms with Gasteiger partial charge in [0.1, 0.15) is 6.33 Å². The fourth-order valence-corrected chi connectivity index (χ4v) is 2.13. The summed E-state index contributed by atoms with van der Waals surface area (Å²) in [4.78, 5) is 26.0. The lowest BCUT2D eigenvalue weighted by molar-refractivity contribution is -0.384. The highest BCUT2D eigenvalue weighted by Crippen LogP contribution is 2.21. The summed E-state index contributed by atoms with van der Waals surface area (Å²) in [6.07, 6.45) is 1.35. The van der Waals surface area contributed by atoms with Crippen molar-refractivity contribution in [2.75, 3.05) is 5.32 Å². The number of thioether (sulfide) groups is 1. The van der Waals surface area contributed by atoms with Gasteiger partial charge in [-0.25, -0.2) is 4.98 Å². The SMILES string of the molecule is C[C@@H](Sc1ncn[nH]1)C(=O)Nc1cccc([N+](=O)[O-])c1. The molecule has 1 heterocycles. The van der Waals surface area contributed by atoms with E-state index in [1.165, 1.54) is 36.3 Å². The van der Waals surface area contributed by atoms with E-state index in [2.05, 4.69) is 20.5 Å². The molecule has 2 rings (SSSR count). The molecular weight excluding hydrogens is 282 g/mol. The molecule has 20 heavy (non-hydrogen) atoms. The molecule has 8 nitrogen and oxygen atoms in total. The summed E-state index contributed by atoms with van der Waals surface area (Å²) >= 11 is 1.21. The van der Waals surface area contributed by atoms with Crippen LogP contribution in [0.2, 0.25) is 0 Å². The number of nitrogens with zero attached hydrogens (tertiary/aromatic N) is 3. The summed E-state index contributed by atoms with van der Waals surface area (Å²) in [6.45, 7) is 1.71. The Balaban J connectivity index is 2.00. The zero-order chi connectivity index (χ0) is 14.5. The third kappa shape index (κ3) is 3.54. The molecule has 2 N–H and O–H groups in total. The van der Waals surface area contributed by atoms with Gasteiger partial charge in [-0.1, -0.05) is 17.8 Å². The number of amides is 1. The number of nitro benzene ring substituents is 1. The summed E-state index contributed by atoms with van der Waals surface area (Å²) in [6, 6.07) is 5.78. The van der Waals surface area contributed by atoms with E-state index < -0.39 is 10.2 Å². The average molecular weight is 293 g/mol. The highest BCUT2D eigenvalue weighted by molar-refractivity contribution is 8.00. The largest absolute Gasteiger partial charge is 0.325 e. The van der Waals surface area contributed by atoms with E-state index >= 15 is 0 Å². The monoisotopic (exact) mass is 293 g/mol. The Morgan fingerprint density at radius 1 is 1.55 bits per heavy atom. The van der Waals surface area contributed by atoms with Crippen molar-refractivity contribution in [2.45, 2.75) is 17.3 Å². The van der Waals surface area contributed by atoms with E-state index in [1.54, 1.807) is 13.0 Å². The molecule has 9 heteroatoms. The summed E-state index contributed by atoms with van der Waals surface area (Å²) in [5.41, 5.74) is 0.313. The van der Waals surface area contributed by atoms with E-state index in [-0.39, 0.29) is 11.6 Å². The Kier molecular flexibility index (Phi) is 4.31. The lowest BCUT2D eigenvalue weighted by atomic mass is 10.2. The summed E-state index contributed by atoms with van der Waals surface area (Å²) in [5.74, 6) is -0.271. The third-order valence-corrected chi connectivity index (χ3v) is 3.36. The van der Waals surface area contributed by atoms with Gasteiger partial charge in [0.25, 0.3) is 5.69 Å². The molecule has 1 aromatic heterocycles. The summed E-state index contributed by atoms with van der Waals surface area (Å²) in [5, 5.41) is 19.7. The highest BCUT2D eigenvalue weighted by atomic mass is 32.2. The number of nitrogens with one attached hydrogen (secondary N) is 2. The van der Waals surface area contributed by atoms with Gasteiger partial charge in [-0.3, -0.25) is 20.0 Å².